The molecule has 2 heterocycles. The first-order chi connectivity index (χ1) is 10.7. The highest BCUT2D eigenvalue weighted by Crippen LogP contribution is 2.36. The van der Waals surface area contributed by atoms with Gasteiger partial charge < -0.3 is 14.2 Å². The predicted molar refractivity (Wildman–Crippen MR) is 74.3 cm³/mol. The molecular weight excluding hydrogens is 227 g/mol. The first kappa shape index (κ1) is 7.51. The van der Waals surface area contributed by atoms with Gasteiger partial charge in [0.05, 0.1) is 11.2 Å². The molecule has 0 atom stereocenters. The van der Waals surface area contributed by atoms with Crippen molar-refractivity contribution < 1.29 is 17.5 Å². The molecule has 5 heteroatoms. The Bertz CT molecular complexity index is 570. The van der Waals surface area contributed by atoms with E-state index in [0.29, 0.717) is 10.4 Å². The molecule has 98 valence electrons. The Hall–Kier alpha value is -1.07. The molecule has 0 unspecified atom stereocenters. The zero-order valence-electron chi connectivity index (χ0n) is 17.0. The Morgan fingerprint density at radius 3 is 2.22 bits per heavy atom. The van der Waals surface area contributed by atoms with Crippen LogP contribution in [0.1, 0.15) is 35.9 Å². The van der Waals surface area contributed by atoms with Gasteiger partial charge in [0, 0.05) is 33.8 Å². The minimum Gasteiger partial charge on any atom is -0.399 e. The van der Waals surface area contributed by atoms with Crippen molar-refractivity contribution in [2.24, 2.45) is 0 Å². The standard InChI is InChI=1S/C13H21BN2O2/c1-12(2)13(3,4)18-14(17-12)10-7-8-11(15-9-10)16(5)6/h7-9H,1-6H3/i5D3,6D3. The predicted octanol–water partition coefficient (Wildman–Crippen LogP) is 1.45. The van der Waals surface area contributed by atoms with Gasteiger partial charge in [-0.15, -0.1) is 0 Å². The quantitative estimate of drug-likeness (QED) is 0.748. The van der Waals surface area contributed by atoms with E-state index in [1.807, 2.05) is 27.7 Å². The van der Waals surface area contributed by atoms with Crippen LogP contribution in [0.25, 0.3) is 0 Å². The Labute approximate surface area is 118 Å². The van der Waals surface area contributed by atoms with E-state index >= 15 is 0 Å². The van der Waals surface area contributed by atoms with Gasteiger partial charge in [-0.2, -0.15) is 0 Å². The van der Waals surface area contributed by atoms with E-state index in [1.165, 1.54) is 12.3 Å². The summed E-state index contributed by atoms with van der Waals surface area (Å²) in [6.45, 7) is 2.01. The molecule has 1 fully saturated rings. The van der Waals surface area contributed by atoms with Gasteiger partial charge in [0.15, 0.2) is 0 Å². The van der Waals surface area contributed by atoms with Gasteiger partial charge in [0.1, 0.15) is 5.82 Å². The van der Waals surface area contributed by atoms with Crippen molar-refractivity contribution in [3.63, 3.8) is 0 Å². The molecule has 1 aromatic heterocycles. The third-order valence-corrected chi connectivity index (χ3v) is 3.53. The second kappa shape index (κ2) is 4.25. The zero-order chi connectivity index (χ0) is 18.6. The van der Waals surface area contributed by atoms with Crippen molar-refractivity contribution in [1.29, 1.82) is 0 Å². The van der Waals surface area contributed by atoms with E-state index in [0.717, 1.165) is 0 Å². The number of nitrogens with zero attached hydrogens (tertiary/aromatic N) is 2. The number of rotatable bonds is 2. The van der Waals surface area contributed by atoms with Gasteiger partial charge in [-0.3, -0.25) is 0 Å². The number of aromatic nitrogens is 1. The van der Waals surface area contributed by atoms with Gasteiger partial charge in [-0.1, -0.05) is 6.07 Å². The third kappa shape index (κ3) is 2.25. The summed E-state index contributed by atoms with van der Waals surface area (Å²) >= 11 is 0. The summed E-state index contributed by atoms with van der Waals surface area (Å²) in [6.07, 6.45) is 1.38. The van der Waals surface area contributed by atoms with Crippen molar-refractivity contribution in [3.8, 4) is 0 Å². The third-order valence-electron chi connectivity index (χ3n) is 3.53. The van der Waals surface area contributed by atoms with Crippen LogP contribution in [0.3, 0.4) is 0 Å². The Balaban J connectivity index is 2.29. The topological polar surface area (TPSA) is 34.6 Å². The first-order valence-electron chi connectivity index (χ1n) is 8.77. The molecule has 0 aromatic carbocycles. The molecule has 1 aliphatic rings. The molecular formula is C13H21BN2O2. The maximum absolute atomic E-state index is 7.42. The van der Waals surface area contributed by atoms with E-state index in [4.69, 9.17) is 17.5 Å². The monoisotopic (exact) mass is 254 g/mol. The van der Waals surface area contributed by atoms with E-state index in [9.17, 15) is 0 Å². The van der Waals surface area contributed by atoms with E-state index in [-0.39, 0.29) is 5.82 Å². The molecule has 0 spiro atoms. The van der Waals surface area contributed by atoms with Gasteiger partial charge in [0.2, 0.25) is 0 Å². The lowest BCUT2D eigenvalue weighted by Gasteiger charge is -2.32. The fourth-order valence-corrected chi connectivity index (χ4v) is 1.65. The average molecular weight is 254 g/mol. The van der Waals surface area contributed by atoms with Crippen LogP contribution in [0.5, 0.6) is 0 Å². The van der Waals surface area contributed by atoms with Crippen molar-refractivity contribution in [3.05, 3.63) is 18.3 Å². The minimum absolute atomic E-state index is 0.157. The van der Waals surface area contributed by atoms with Crippen LogP contribution in [0.2, 0.25) is 0 Å². The normalized spacial score (nSPS) is 27.4. The van der Waals surface area contributed by atoms with Crippen LogP contribution in [-0.4, -0.2) is 37.3 Å². The second-order valence-electron chi connectivity index (χ2n) is 5.37. The summed E-state index contributed by atoms with van der Waals surface area (Å²) in [5.41, 5.74) is -0.437. The van der Waals surface area contributed by atoms with E-state index < -0.39 is 32.3 Å². The van der Waals surface area contributed by atoms with Crippen LogP contribution in [-0.2, 0) is 9.31 Å². The molecule has 1 saturated heterocycles. The SMILES string of the molecule is [2H]C([2H])([2H])N(c1ccc(B2OC(C)(C)C(C)(C)O2)cn1)C([2H])([2H])[2H]. The van der Waals surface area contributed by atoms with Crippen molar-refractivity contribution in [2.75, 3.05) is 18.9 Å². The van der Waals surface area contributed by atoms with Gasteiger partial charge in [-0.25, -0.2) is 4.98 Å². The lowest BCUT2D eigenvalue weighted by Crippen LogP contribution is -2.41. The van der Waals surface area contributed by atoms with Crippen molar-refractivity contribution in [1.82, 2.24) is 4.98 Å². The van der Waals surface area contributed by atoms with Gasteiger partial charge in [0.25, 0.3) is 0 Å². The maximum Gasteiger partial charge on any atom is 0.496 e. The van der Waals surface area contributed by atoms with Crippen molar-refractivity contribution in [2.45, 2.75) is 38.9 Å². The molecule has 0 aliphatic carbocycles. The van der Waals surface area contributed by atoms with Crippen LogP contribution in [0.15, 0.2) is 18.3 Å². The summed E-state index contributed by atoms with van der Waals surface area (Å²) in [4.78, 5) is 4.34. The Kier molecular flexibility index (Phi) is 1.77. The molecule has 1 aliphatic heterocycles. The van der Waals surface area contributed by atoms with Crippen LogP contribution in [0.4, 0.5) is 5.82 Å². The molecule has 4 nitrogen and oxygen atoms in total. The van der Waals surface area contributed by atoms with Gasteiger partial charge in [-0.05, 0) is 33.8 Å². The van der Waals surface area contributed by atoms with E-state index in [2.05, 4.69) is 4.98 Å². The zero-order valence-corrected chi connectivity index (χ0v) is 11.0. The van der Waals surface area contributed by atoms with Crippen LogP contribution < -0.4 is 10.4 Å². The summed E-state index contributed by atoms with van der Waals surface area (Å²) in [7, 11) is -0.648. The Morgan fingerprint density at radius 1 is 1.17 bits per heavy atom. The molecule has 0 amide bonds. The summed E-state index contributed by atoms with van der Waals surface area (Å²) in [6, 6.07) is 2.91. The lowest BCUT2D eigenvalue weighted by atomic mass is 9.80. The summed E-state index contributed by atoms with van der Waals surface area (Å²) in [5.74, 6) is -0.157. The molecule has 2 rings (SSSR count). The highest BCUT2D eigenvalue weighted by Gasteiger charge is 2.51. The number of anilines is 1. The minimum atomic E-state index is -2.83. The lowest BCUT2D eigenvalue weighted by molar-refractivity contribution is 0.00578. The summed E-state index contributed by atoms with van der Waals surface area (Å²) < 4.78 is 56.3. The highest BCUT2D eigenvalue weighted by atomic mass is 16.7. The van der Waals surface area contributed by atoms with Crippen LogP contribution in [0, 0.1) is 0 Å². The van der Waals surface area contributed by atoms with Crippen molar-refractivity contribution >= 4 is 18.4 Å². The Morgan fingerprint density at radius 2 is 1.78 bits per heavy atom. The average Bonchev–Trinajstić information content (AvgIpc) is 2.55. The molecule has 0 saturated carbocycles. The first-order valence-corrected chi connectivity index (χ1v) is 5.77. The van der Waals surface area contributed by atoms with Gasteiger partial charge >= 0.3 is 7.12 Å². The fraction of sp³-hybridized carbons (Fsp3) is 0.615. The highest BCUT2D eigenvalue weighted by molar-refractivity contribution is 6.62. The van der Waals surface area contributed by atoms with Crippen LogP contribution >= 0.6 is 0 Å². The molecule has 0 bridgehead atoms. The second-order valence-corrected chi connectivity index (χ2v) is 5.37. The molecule has 18 heavy (non-hydrogen) atoms. The summed E-state index contributed by atoms with van der Waals surface area (Å²) in [5, 5.41) is 0. The number of hydrogen-bond donors (Lipinski definition) is 0. The fourth-order valence-electron chi connectivity index (χ4n) is 1.65. The smallest absolute Gasteiger partial charge is 0.399 e. The van der Waals surface area contributed by atoms with E-state index in [1.54, 1.807) is 6.07 Å². The molecule has 0 radical (unpaired) electrons. The number of hydrogen-bond acceptors (Lipinski definition) is 4. The largest absolute Gasteiger partial charge is 0.496 e. The maximum atomic E-state index is 7.42. The molecule has 1 aromatic rings. The number of pyridine rings is 1. The molecule has 0 N–H and O–H groups in total.